The third kappa shape index (κ3) is 3.45. The summed E-state index contributed by atoms with van der Waals surface area (Å²) in [5.41, 5.74) is 5.40. The van der Waals surface area contributed by atoms with Crippen LogP contribution in [0.5, 0.6) is 0 Å². The number of halogens is 1. The predicted octanol–water partition coefficient (Wildman–Crippen LogP) is 4.01. The predicted molar refractivity (Wildman–Crippen MR) is 94.1 cm³/mol. The van der Waals surface area contributed by atoms with Crippen LogP contribution in [0.3, 0.4) is 0 Å². The summed E-state index contributed by atoms with van der Waals surface area (Å²) in [6.07, 6.45) is 0.780. The quantitative estimate of drug-likeness (QED) is 0.644. The van der Waals surface area contributed by atoms with Gasteiger partial charge in [0, 0.05) is 23.4 Å². The van der Waals surface area contributed by atoms with Crippen molar-refractivity contribution >= 4 is 40.5 Å². The van der Waals surface area contributed by atoms with Crippen molar-refractivity contribution in [3.8, 4) is 0 Å². The molecule has 2 aromatic rings. The van der Waals surface area contributed by atoms with Gasteiger partial charge in [0.1, 0.15) is 5.82 Å². The van der Waals surface area contributed by atoms with E-state index in [1.54, 1.807) is 6.07 Å². The second kappa shape index (κ2) is 6.89. The Morgan fingerprint density at radius 1 is 1.14 bits per heavy atom. The molecule has 0 aromatic heterocycles. The zero-order valence-electron chi connectivity index (χ0n) is 11.7. The van der Waals surface area contributed by atoms with Gasteiger partial charge < -0.3 is 5.32 Å². The van der Waals surface area contributed by atoms with Crippen molar-refractivity contribution in [1.82, 2.24) is 5.43 Å². The van der Waals surface area contributed by atoms with Crippen molar-refractivity contribution in [1.29, 1.82) is 0 Å². The van der Waals surface area contributed by atoms with Crippen LogP contribution >= 0.6 is 24.0 Å². The molecule has 2 N–H and O–H groups in total. The summed E-state index contributed by atoms with van der Waals surface area (Å²) >= 11 is 6.74. The fourth-order valence-electron chi connectivity index (χ4n) is 2.18. The van der Waals surface area contributed by atoms with Gasteiger partial charge in [0.15, 0.2) is 5.11 Å². The Labute approximate surface area is 138 Å². The molecule has 3 nitrogen and oxygen atoms in total. The second-order valence-electron chi connectivity index (χ2n) is 4.71. The van der Waals surface area contributed by atoms with Crippen LogP contribution < -0.4 is 10.7 Å². The fraction of sp³-hybridized carbons (Fsp3) is 0.125. The average molecular weight is 331 g/mol. The number of nitrogens with zero attached hydrogens (tertiary/aromatic N) is 1. The van der Waals surface area contributed by atoms with Crippen LogP contribution in [0.2, 0.25) is 0 Å². The largest absolute Gasteiger partial charge is 0.331 e. The number of thiocarbonyl (C=S) groups is 1. The normalized spacial score (nSPS) is 15.2. The van der Waals surface area contributed by atoms with E-state index in [1.807, 2.05) is 36.4 Å². The highest BCUT2D eigenvalue weighted by Gasteiger charge is 2.19. The first-order chi connectivity index (χ1) is 10.7. The highest BCUT2D eigenvalue weighted by Crippen LogP contribution is 2.32. The molecule has 112 valence electrons. The monoisotopic (exact) mass is 331 g/mol. The van der Waals surface area contributed by atoms with E-state index in [0.29, 0.717) is 10.0 Å². The van der Waals surface area contributed by atoms with Crippen LogP contribution in [0.25, 0.3) is 0 Å². The zero-order chi connectivity index (χ0) is 15.4. The van der Waals surface area contributed by atoms with Crippen LogP contribution in [0.1, 0.15) is 12.0 Å². The first-order valence-electron chi connectivity index (χ1n) is 6.84. The molecular weight excluding hydrogens is 317 g/mol. The molecule has 0 saturated carbocycles. The molecule has 0 atom stereocenters. The Bertz CT molecular complexity index is 717. The van der Waals surface area contributed by atoms with Crippen molar-refractivity contribution in [3.05, 3.63) is 59.9 Å². The summed E-state index contributed by atoms with van der Waals surface area (Å²) in [5.74, 6) is 0.618. The van der Waals surface area contributed by atoms with E-state index in [0.717, 1.165) is 29.1 Å². The van der Waals surface area contributed by atoms with Crippen molar-refractivity contribution in [2.24, 2.45) is 5.10 Å². The lowest BCUT2D eigenvalue weighted by atomic mass is 10.1. The number of hydrogen-bond acceptors (Lipinski definition) is 3. The van der Waals surface area contributed by atoms with Gasteiger partial charge in [-0.25, -0.2) is 4.39 Å². The first-order valence-corrected chi connectivity index (χ1v) is 8.24. The van der Waals surface area contributed by atoms with E-state index in [1.165, 1.54) is 17.8 Å². The summed E-state index contributed by atoms with van der Waals surface area (Å²) in [6, 6.07) is 14.7. The molecule has 2 aromatic carbocycles. The van der Waals surface area contributed by atoms with Gasteiger partial charge >= 0.3 is 0 Å². The number of thioether (sulfide) groups is 1. The molecule has 1 aliphatic rings. The molecule has 0 unspecified atom stereocenters. The maximum Gasteiger partial charge on any atom is 0.191 e. The Balaban J connectivity index is 1.72. The Kier molecular flexibility index (Phi) is 4.70. The minimum Gasteiger partial charge on any atom is -0.331 e. The highest BCUT2D eigenvalue weighted by molar-refractivity contribution is 7.99. The van der Waals surface area contributed by atoms with E-state index in [4.69, 9.17) is 12.2 Å². The molecule has 0 spiro atoms. The summed E-state index contributed by atoms with van der Waals surface area (Å²) in [5, 5.41) is 7.81. The number of para-hydroxylation sites is 1. The lowest BCUT2D eigenvalue weighted by molar-refractivity contribution is 0.600. The fourth-order valence-corrected chi connectivity index (χ4v) is 3.39. The molecule has 0 bridgehead atoms. The number of rotatable bonds is 2. The standard InChI is InChI=1S/C16H14FN3S2/c17-13-8-4-7-12-14(9-10-22-15(12)13)19-20-16(21)18-11-5-2-1-3-6-11/h1-8H,9-10H2,(H2,18,20,21). The molecule has 3 rings (SSSR count). The van der Waals surface area contributed by atoms with Crippen LogP contribution in [0.15, 0.2) is 58.5 Å². The zero-order valence-corrected chi connectivity index (χ0v) is 13.3. The van der Waals surface area contributed by atoms with Crippen LogP contribution in [0, 0.1) is 5.82 Å². The molecular formula is C16H14FN3S2. The molecule has 6 heteroatoms. The number of fused-ring (bicyclic) bond motifs is 1. The smallest absolute Gasteiger partial charge is 0.191 e. The summed E-state index contributed by atoms with van der Waals surface area (Å²) in [6.45, 7) is 0. The molecule has 0 saturated heterocycles. The maximum absolute atomic E-state index is 13.8. The SMILES string of the molecule is Fc1cccc2c1SCCC2=NNC(=S)Nc1ccccc1. The minimum atomic E-state index is -0.195. The molecule has 1 aliphatic heterocycles. The van der Waals surface area contributed by atoms with Crippen LogP contribution in [0.4, 0.5) is 10.1 Å². The molecule has 22 heavy (non-hydrogen) atoms. The first kappa shape index (κ1) is 15.0. The van der Waals surface area contributed by atoms with Crippen molar-refractivity contribution < 1.29 is 4.39 Å². The molecule has 1 heterocycles. The third-order valence-corrected chi connectivity index (χ3v) is 4.49. The van der Waals surface area contributed by atoms with Crippen molar-refractivity contribution in [3.63, 3.8) is 0 Å². The molecule has 0 aliphatic carbocycles. The van der Waals surface area contributed by atoms with E-state index >= 15 is 0 Å². The van der Waals surface area contributed by atoms with Crippen LogP contribution in [-0.2, 0) is 0 Å². The van der Waals surface area contributed by atoms with Gasteiger partial charge in [0.05, 0.1) is 10.6 Å². The van der Waals surface area contributed by atoms with Crippen LogP contribution in [-0.4, -0.2) is 16.6 Å². The van der Waals surface area contributed by atoms with E-state index in [2.05, 4.69) is 15.8 Å². The van der Waals surface area contributed by atoms with Gasteiger partial charge in [0.2, 0.25) is 0 Å². The van der Waals surface area contributed by atoms with Crippen molar-refractivity contribution in [2.75, 3.05) is 11.1 Å². The van der Waals surface area contributed by atoms with Gasteiger partial charge in [-0.2, -0.15) is 5.10 Å². The Morgan fingerprint density at radius 2 is 1.95 bits per heavy atom. The summed E-state index contributed by atoms with van der Waals surface area (Å²) in [4.78, 5) is 0.663. The van der Waals surface area contributed by atoms with Gasteiger partial charge in [-0.05, 0) is 30.4 Å². The maximum atomic E-state index is 13.8. The van der Waals surface area contributed by atoms with Gasteiger partial charge in [-0.15, -0.1) is 11.8 Å². The number of nitrogens with one attached hydrogen (secondary N) is 2. The highest BCUT2D eigenvalue weighted by atomic mass is 32.2. The average Bonchev–Trinajstić information content (AvgIpc) is 2.54. The number of anilines is 1. The van der Waals surface area contributed by atoms with Gasteiger partial charge in [-0.1, -0.05) is 30.3 Å². The van der Waals surface area contributed by atoms with Gasteiger partial charge in [0.25, 0.3) is 0 Å². The Hall–Kier alpha value is -1.92. The van der Waals surface area contributed by atoms with E-state index in [-0.39, 0.29) is 5.82 Å². The topological polar surface area (TPSA) is 36.4 Å². The van der Waals surface area contributed by atoms with Crippen molar-refractivity contribution in [2.45, 2.75) is 11.3 Å². The number of benzene rings is 2. The third-order valence-electron chi connectivity index (χ3n) is 3.19. The minimum absolute atomic E-state index is 0.195. The van der Waals surface area contributed by atoms with E-state index in [9.17, 15) is 4.39 Å². The molecule has 0 amide bonds. The van der Waals surface area contributed by atoms with E-state index < -0.39 is 0 Å². The number of hydrazone groups is 1. The number of hydrogen-bond donors (Lipinski definition) is 2. The Morgan fingerprint density at radius 3 is 2.77 bits per heavy atom. The molecule has 0 fully saturated rings. The summed E-state index contributed by atoms with van der Waals surface area (Å²) in [7, 11) is 0. The second-order valence-corrected chi connectivity index (χ2v) is 6.22. The lowest BCUT2D eigenvalue weighted by Gasteiger charge is -2.18. The molecule has 0 radical (unpaired) electrons. The summed E-state index contributed by atoms with van der Waals surface area (Å²) < 4.78 is 13.8. The lowest BCUT2D eigenvalue weighted by Crippen LogP contribution is -2.26. The van der Waals surface area contributed by atoms with Gasteiger partial charge in [-0.3, -0.25) is 5.43 Å².